The molecule has 2 saturated heterocycles. The number of β-lactam (4-membered cyclic amide) rings is 1. The molecule has 3 aromatic heterocycles. The number of carbonyl (C=O) groups is 4. The van der Waals surface area contributed by atoms with E-state index >= 15 is 0 Å². The van der Waals surface area contributed by atoms with E-state index in [-0.39, 0.29) is 34.9 Å². The van der Waals surface area contributed by atoms with Gasteiger partial charge in [-0.2, -0.15) is 5.10 Å². The normalized spacial score (nSPS) is 20.0. The van der Waals surface area contributed by atoms with Crippen LogP contribution in [0.2, 0.25) is 0 Å². The Hall–Kier alpha value is -5.86. The molecule has 0 bridgehead atoms. The molecule has 6 heterocycles. The van der Waals surface area contributed by atoms with Crippen LogP contribution in [-0.4, -0.2) is 102 Å². The predicted molar refractivity (Wildman–Crippen MR) is 204 cm³/mol. The number of hydrogen-bond donors (Lipinski definition) is 6. The third-order valence-electron chi connectivity index (χ3n) is 9.62. The van der Waals surface area contributed by atoms with E-state index in [1.54, 1.807) is 6.20 Å². The number of carboxylic acids is 2. The van der Waals surface area contributed by atoms with Crippen molar-refractivity contribution in [3.8, 4) is 0 Å². The summed E-state index contributed by atoms with van der Waals surface area (Å²) in [7, 11) is 0. The molecule has 2 fully saturated rings. The van der Waals surface area contributed by atoms with E-state index in [4.69, 9.17) is 16.0 Å². The maximum Gasteiger partial charge on any atom is 0.350 e. The molecule has 0 unspecified atom stereocenters. The maximum atomic E-state index is 13.4. The fourth-order valence-electron chi connectivity index (χ4n) is 6.54. The summed E-state index contributed by atoms with van der Waals surface area (Å²) in [5, 5.41) is 49.6. The van der Waals surface area contributed by atoms with E-state index in [2.05, 4.69) is 31.2 Å². The minimum atomic E-state index is -1.78. The molecule has 2 amide bonds. The molecule has 0 radical (unpaired) electrons. The number of nitrogens with two attached hydrogens (primary N) is 1. The molecule has 3 aliphatic heterocycles. The van der Waals surface area contributed by atoms with Gasteiger partial charge in [-0.25, -0.2) is 14.3 Å². The molecular weight excluding hydrogens is 763 g/mol. The number of benzene rings is 1. The van der Waals surface area contributed by atoms with E-state index in [1.807, 2.05) is 52.0 Å². The highest BCUT2D eigenvalue weighted by atomic mass is 32.2. The smallest absolute Gasteiger partial charge is 0.350 e. The number of piperidine rings is 1. The van der Waals surface area contributed by atoms with Crippen molar-refractivity contribution in [2.45, 2.75) is 62.8 Å². The van der Waals surface area contributed by atoms with Gasteiger partial charge in [0, 0.05) is 40.9 Å². The Bertz CT molecular complexity index is 2280. The van der Waals surface area contributed by atoms with Crippen molar-refractivity contribution in [2.24, 2.45) is 5.16 Å². The van der Waals surface area contributed by atoms with Crippen LogP contribution in [0.5, 0.6) is 0 Å². The van der Waals surface area contributed by atoms with Crippen molar-refractivity contribution in [3.63, 3.8) is 0 Å². The summed E-state index contributed by atoms with van der Waals surface area (Å²) < 4.78 is 3.68. The number of amidine groups is 1. The average molecular weight is 802 g/mol. The van der Waals surface area contributed by atoms with E-state index < -0.39 is 46.5 Å². The largest absolute Gasteiger partial charge is 0.543 e. The molecule has 7 rings (SSSR count). The first-order valence-electron chi connectivity index (χ1n) is 17.7. The number of nitrogen functional groups attached to an aromatic ring is 1. The zero-order valence-electron chi connectivity index (χ0n) is 30.4. The number of carboxylic acid groups (broad SMARTS) is 2. The van der Waals surface area contributed by atoms with Gasteiger partial charge >= 0.3 is 5.97 Å². The summed E-state index contributed by atoms with van der Waals surface area (Å²) in [6.45, 7) is 5.01. The third-order valence-corrected chi connectivity index (χ3v) is 11.6. The molecule has 3 atom stereocenters. The molecule has 4 aromatic rings. The van der Waals surface area contributed by atoms with Crippen molar-refractivity contribution in [1.82, 2.24) is 35.6 Å². The summed E-state index contributed by atoms with van der Waals surface area (Å²) in [4.78, 5) is 61.2. The Morgan fingerprint density at radius 3 is 2.70 bits per heavy atom. The predicted octanol–water partition coefficient (Wildman–Crippen LogP) is -0.234. The topological polar surface area (TPSA) is 257 Å². The van der Waals surface area contributed by atoms with Crippen LogP contribution in [0.1, 0.15) is 43.5 Å². The van der Waals surface area contributed by atoms with Crippen LogP contribution in [0, 0.1) is 5.41 Å². The number of carbonyl (C=O) groups excluding carboxylic acids is 3. The molecule has 0 aliphatic carbocycles. The first kappa shape index (κ1) is 38.4. The Kier molecular flexibility index (Phi) is 10.8. The van der Waals surface area contributed by atoms with Gasteiger partial charge in [-0.3, -0.25) is 24.6 Å². The number of fused-ring (bicyclic) bond motifs is 2. The molecule has 56 heavy (non-hydrogen) atoms. The van der Waals surface area contributed by atoms with Crippen molar-refractivity contribution in [3.05, 3.63) is 82.4 Å². The highest BCUT2D eigenvalue weighted by Crippen LogP contribution is 2.40. The number of aromatic nitrogens is 4. The number of amides is 2. The Morgan fingerprint density at radius 2 is 2.02 bits per heavy atom. The number of oxime groups is 1. The van der Waals surface area contributed by atoms with Gasteiger partial charge in [-0.15, -0.1) is 23.1 Å². The number of anilines is 1. The third kappa shape index (κ3) is 7.93. The number of hydrogen-bond acceptors (Lipinski definition) is 14. The molecule has 0 saturated carbocycles. The lowest BCUT2D eigenvalue weighted by atomic mass is 10.0. The SMILES string of the molecule is CC(C)(O/N=C(\C(=O)N[C@@H]1C(=O)N2C(C(=O)[O-])=C(C[n+]3ccc4c(cnn4Cc4ccc(C(=N)N[C@@H]5CCCNC5)cc4)c3)CS[C@H]12)c1csc(N)n1)C(=O)O. The van der Waals surface area contributed by atoms with Crippen molar-refractivity contribution >= 4 is 74.4 Å². The molecule has 0 spiro atoms. The Labute approximate surface area is 328 Å². The van der Waals surface area contributed by atoms with Gasteiger partial charge in [0.25, 0.3) is 11.8 Å². The maximum absolute atomic E-state index is 13.4. The molecule has 292 valence electrons. The van der Waals surface area contributed by atoms with Gasteiger partial charge in [0.05, 0.1) is 35.3 Å². The number of nitrogens with zero attached hydrogens (tertiary/aromatic N) is 6. The second-order valence-electron chi connectivity index (χ2n) is 14.0. The summed E-state index contributed by atoms with van der Waals surface area (Å²) in [6, 6.07) is 8.85. The van der Waals surface area contributed by atoms with E-state index in [1.165, 1.54) is 31.0 Å². The average Bonchev–Trinajstić information content (AvgIpc) is 3.79. The van der Waals surface area contributed by atoms with Gasteiger partial charge < -0.3 is 41.5 Å². The summed E-state index contributed by atoms with van der Waals surface area (Å²) >= 11 is 2.30. The van der Waals surface area contributed by atoms with E-state index in [0.717, 1.165) is 64.2 Å². The number of rotatable bonds is 13. The number of thioether (sulfide) groups is 1. The molecule has 7 N–H and O–H groups in total. The number of thiazole rings is 1. The van der Waals surface area contributed by atoms with Crippen LogP contribution in [0.25, 0.3) is 10.9 Å². The highest BCUT2D eigenvalue weighted by Gasteiger charge is 2.53. The van der Waals surface area contributed by atoms with Crippen molar-refractivity contribution in [1.29, 1.82) is 5.41 Å². The lowest BCUT2D eigenvalue weighted by Gasteiger charge is -2.50. The van der Waals surface area contributed by atoms with E-state index in [0.29, 0.717) is 18.0 Å². The van der Waals surface area contributed by atoms with Crippen LogP contribution in [-0.2, 0) is 37.1 Å². The molecule has 1 aromatic carbocycles. The minimum Gasteiger partial charge on any atom is -0.543 e. The standard InChI is InChI=1S/C36H39N11O7S2/c1-36(2,34(52)53)54-44-26(24-18-56-35(38)42-24)30(48)43-27-31(49)47-28(33(50)51)22(17-55-32(27)47)16-45-11-9-25-21(15-45)12-40-46(25)14-19-5-7-20(8-6-19)29(37)41-23-4-3-10-39-13-23/h5-9,11-12,15,18,23,27,32,39H,3-4,10,13-14,16-17H2,1-2H3,(H6-,37,38,41,42,43,48,50,51,52,53)/b44-26-/t23-,27-,32-/m1/s1. The van der Waals surface area contributed by atoms with Crippen molar-refractivity contribution < 1.29 is 38.8 Å². The molecular formula is C36H39N11O7S2. The van der Waals surface area contributed by atoms with Gasteiger partial charge in [0.1, 0.15) is 22.9 Å². The van der Waals surface area contributed by atoms with Gasteiger partial charge in [-0.1, -0.05) is 29.4 Å². The number of nitrogens with one attached hydrogen (secondary N) is 4. The number of aliphatic carboxylic acids is 2. The zero-order valence-corrected chi connectivity index (χ0v) is 32.0. The second kappa shape index (κ2) is 15.7. The fraction of sp³-hybridized carbons (Fsp3) is 0.361. The monoisotopic (exact) mass is 801 g/mol. The first-order valence-corrected chi connectivity index (χ1v) is 19.6. The molecule has 18 nitrogen and oxygen atoms in total. The van der Waals surface area contributed by atoms with Gasteiger partial charge in [0.15, 0.2) is 29.8 Å². The van der Waals surface area contributed by atoms with Crippen LogP contribution in [0.4, 0.5) is 5.13 Å². The van der Waals surface area contributed by atoms with Gasteiger partial charge in [0.2, 0.25) is 5.60 Å². The van der Waals surface area contributed by atoms with Crippen LogP contribution >= 0.6 is 23.1 Å². The molecule has 20 heteroatoms. The zero-order chi connectivity index (χ0) is 39.7. The summed E-state index contributed by atoms with van der Waals surface area (Å²) in [5.74, 6) is -3.77. The molecule has 3 aliphatic rings. The highest BCUT2D eigenvalue weighted by molar-refractivity contribution is 8.00. The fourth-order valence-corrected chi connectivity index (χ4v) is 8.42. The van der Waals surface area contributed by atoms with Crippen molar-refractivity contribution in [2.75, 3.05) is 24.6 Å². The first-order chi connectivity index (χ1) is 26.8. The lowest BCUT2D eigenvalue weighted by molar-refractivity contribution is -0.687. The lowest BCUT2D eigenvalue weighted by Crippen LogP contribution is -2.71. The quantitative estimate of drug-likeness (QED) is 0.0336. The van der Waals surface area contributed by atoms with Crippen LogP contribution < -0.4 is 31.4 Å². The number of pyridine rings is 1. The Balaban J connectivity index is 1.02. The van der Waals surface area contributed by atoms with Crippen LogP contribution in [0.15, 0.2) is 70.7 Å². The second-order valence-corrected chi connectivity index (χ2v) is 16.0. The van der Waals surface area contributed by atoms with Gasteiger partial charge in [-0.05, 0) is 38.8 Å². The Morgan fingerprint density at radius 1 is 1.23 bits per heavy atom. The van der Waals surface area contributed by atoms with E-state index in [9.17, 15) is 29.4 Å². The van der Waals surface area contributed by atoms with Crippen LogP contribution in [0.3, 0.4) is 0 Å². The minimum absolute atomic E-state index is 0.00958. The summed E-state index contributed by atoms with van der Waals surface area (Å²) in [6.07, 6.45) is 7.52. The summed E-state index contributed by atoms with van der Waals surface area (Å²) in [5.41, 5.74) is 6.44.